The number of aromatic carboxylic acids is 1. The number of carboxylic acids is 1. The van der Waals surface area contributed by atoms with E-state index in [1.165, 1.54) is 35.7 Å². The van der Waals surface area contributed by atoms with Crippen molar-refractivity contribution in [2.75, 3.05) is 0 Å². The first-order chi connectivity index (χ1) is 16.0. The molecule has 2 N–H and O–H groups in total. The molecule has 0 aliphatic carbocycles. The van der Waals surface area contributed by atoms with Crippen molar-refractivity contribution in [2.45, 2.75) is 9.99 Å². The first-order valence-corrected chi connectivity index (χ1v) is 11.4. The van der Waals surface area contributed by atoms with E-state index in [0.717, 1.165) is 15.8 Å². The summed E-state index contributed by atoms with van der Waals surface area (Å²) in [5.74, 6) is -0.726. The molecule has 9 heteroatoms. The van der Waals surface area contributed by atoms with Crippen molar-refractivity contribution in [3.05, 3.63) is 89.2 Å². The molecule has 0 radical (unpaired) electrons. The molecule has 4 aromatic rings. The molecule has 0 unspecified atom stereocenters. The molecule has 2 aromatic carbocycles. The smallest absolute Gasteiger partial charge is 0.335 e. The summed E-state index contributed by atoms with van der Waals surface area (Å²) in [5.41, 5.74) is 1.63. The van der Waals surface area contributed by atoms with Crippen molar-refractivity contribution in [2.24, 2.45) is 4.99 Å². The zero-order chi connectivity index (χ0) is 22.8. The number of pyridine rings is 1. The summed E-state index contributed by atoms with van der Waals surface area (Å²) in [6, 6.07) is 19.7. The summed E-state index contributed by atoms with van der Waals surface area (Å²) in [4.78, 5) is 33.6. The highest BCUT2D eigenvalue weighted by atomic mass is 32.2. The predicted octanol–water partition coefficient (Wildman–Crippen LogP) is 5.57. The first kappa shape index (κ1) is 21.0. The number of carboxylic acid groups (broad SMARTS) is 1. The largest absolute Gasteiger partial charge is 0.478 e. The summed E-state index contributed by atoms with van der Waals surface area (Å²) in [6.45, 7) is 0. The molecule has 0 bridgehead atoms. The number of hydrogen-bond donors (Lipinski definition) is 2. The zero-order valence-electron chi connectivity index (χ0n) is 16.9. The summed E-state index contributed by atoms with van der Waals surface area (Å²) >= 11 is 2.66. The molecule has 1 saturated heterocycles. The number of benzene rings is 2. The van der Waals surface area contributed by atoms with E-state index in [4.69, 9.17) is 9.52 Å². The van der Waals surface area contributed by atoms with Gasteiger partial charge in [-0.3, -0.25) is 9.78 Å². The van der Waals surface area contributed by atoms with Crippen LogP contribution in [0.4, 0.5) is 5.69 Å². The fourth-order valence-electron chi connectivity index (χ4n) is 3.14. The molecular formula is C24H15N3O4S2. The van der Waals surface area contributed by atoms with Crippen LogP contribution in [0.2, 0.25) is 0 Å². The number of aromatic nitrogens is 1. The molecule has 1 aliphatic rings. The fourth-order valence-corrected chi connectivity index (χ4v) is 4.87. The number of para-hydroxylation sites is 1. The van der Waals surface area contributed by atoms with Gasteiger partial charge in [-0.25, -0.2) is 9.79 Å². The third kappa shape index (κ3) is 4.69. The minimum atomic E-state index is -1.00. The second-order valence-electron chi connectivity index (χ2n) is 6.92. The SMILES string of the molecule is O=C1NC(=Nc2ccc(C(=O)O)cc2)S/C1=C\c1ccc(Sc2cccc3cccnc23)o1. The number of amidine groups is 1. The molecule has 0 spiro atoms. The van der Waals surface area contributed by atoms with E-state index in [9.17, 15) is 9.59 Å². The Labute approximate surface area is 196 Å². The monoisotopic (exact) mass is 473 g/mol. The number of carbonyl (C=O) groups is 2. The van der Waals surface area contributed by atoms with Gasteiger partial charge in [0.05, 0.1) is 21.7 Å². The van der Waals surface area contributed by atoms with Crippen LogP contribution in [0.1, 0.15) is 16.1 Å². The van der Waals surface area contributed by atoms with Gasteiger partial charge < -0.3 is 14.8 Å². The molecular weight excluding hydrogens is 458 g/mol. The third-order valence-corrected chi connectivity index (χ3v) is 6.56. The zero-order valence-corrected chi connectivity index (χ0v) is 18.5. The Kier molecular flexibility index (Phi) is 5.72. The van der Waals surface area contributed by atoms with Gasteiger partial charge in [-0.15, -0.1) is 0 Å². The Morgan fingerprint density at radius 1 is 1.09 bits per heavy atom. The molecule has 3 heterocycles. The summed E-state index contributed by atoms with van der Waals surface area (Å²) in [6.07, 6.45) is 3.43. The fraction of sp³-hybridized carbons (Fsp3) is 0. The Hall–Kier alpha value is -3.82. The number of hydrogen-bond acceptors (Lipinski definition) is 7. The van der Waals surface area contributed by atoms with Crippen LogP contribution < -0.4 is 5.32 Å². The molecule has 162 valence electrons. The van der Waals surface area contributed by atoms with Gasteiger partial charge in [0.25, 0.3) is 5.91 Å². The highest BCUT2D eigenvalue weighted by Crippen LogP contribution is 2.35. The summed E-state index contributed by atoms with van der Waals surface area (Å²) in [7, 11) is 0. The molecule has 33 heavy (non-hydrogen) atoms. The van der Waals surface area contributed by atoms with E-state index in [1.807, 2.05) is 42.5 Å². The van der Waals surface area contributed by atoms with Crippen LogP contribution in [0.3, 0.4) is 0 Å². The van der Waals surface area contributed by atoms with Crippen molar-refractivity contribution >= 4 is 63.2 Å². The van der Waals surface area contributed by atoms with Gasteiger partial charge in [-0.05, 0) is 72.1 Å². The molecule has 0 atom stereocenters. The average molecular weight is 474 g/mol. The summed E-state index contributed by atoms with van der Waals surface area (Å²) < 4.78 is 5.91. The molecule has 1 amide bonds. The lowest BCUT2D eigenvalue weighted by Gasteiger charge is -2.02. The average Bonchev–Trinajstić information content (AvgIpc) is 3.40. The molecule has 1 aliphatic heterocycles. The van der Waals surface area contributed by atoms with Crippen LogP contribution in [0.15, 0.2) is 97.2 Å². The quantitative estimate of drug-likeness (QED) is 0.365. The number of nitrogens with zero attached hydrogens (tertiary/aromatic N) is 2. The van der Waals surface area contributed by atoms with Crippen LogP contribution in [-0.2, 0) is 4.79 Å². The molecule has 7 nitrogen and oxygen atoms in total. The topological polar surface area (TPSA) is 105 Å². The maximum Gasteiger partial charge on any atom is 0.335 e. The number of rotatable bonds is 5. The van der Waals surface area contributed by atoms with Crippen LogP contribution >= 0.6 is 23.5 Å². The summed E-state index contributed by atoms with van der Waals surface area (Å²) in [5, 5.41) is 13.9. The lowest BCUT2D eigenvalue weighted by atomic mass is 10.2. The number of fused-ring (bicyclic) bond motifs is 1. The van der Waals surface area contributed by atoms with E-state index in [-0.39, 0.29) is 11.5 Å². The van der Waals surface area contributed by atoms with Crippen LogP contribution in [0, 0.1) is 0 Å². The van der Waals surface area contributed by atoms with E-state index in [1.54, 1.807) is 24.4 Å². The Balaban J connectivity index is 1.32. The van der Waals surface area contributed by atoms with Gasteiger partial charge in [0.2, 0.25) is 0 Å². The number of nitrogens with one attached hydrogen (secondary N) is 1. The van der Waals surface area contributed by atoms with Crippen LogP contribution in [-0.4, -0.2) is 27.1 Å². The third-order valence-electron chi connectivity index (χ3n) is 4.68. The van der Waals surface area contributed by atoms with Gasteiger partial charge in [0.15, 0.2) is 10.3 Å². The van der Waals surface area contributed by atoms with Gasteiger partial charge >= 0.3 is 5.97 Å². The van der Waals surface area contributed by atoms with Crippen molar-refractivity contribution in [3.8, 4) is 0 Å². The van der Waals surface area contributed by atoms with Gasteiger partial charge in [-0.1, -0.05) is 18.2 Å². The molecule has 2 aromatic heterocycles. The van der Waals surface area contributed by atoms with Gasteiger partial charge in [0.1, 0.15) is 5.76 Å². The molecule has 5 rings (SSSR count). The second-order valence-corrected chi connectivity index (χ2v) is 9.00. The molecule has 0 saturated carbocycles. The Morgan fingerprint density at radius 3 is 2.73 bits per heavy atom. The number of carbonyl (C=O) groups excluding carboxylic acids is 1. The maximum absolute atomic E-state index is 12.4. The van der Waals surface area contributed by atoms with Gasteiger partial charge in [0, 0.05) is 22.6 Å². The first-order valence-electron chi connectivity index (χ1n) is 9.79. The number of thioether (sulfide) groups is 1. The minimum Gasteiger partial charge on any atom is -0.478 e. The van der Waals surface area contributed by atoms with Crippen molar-refractivity contribution in [3.63, 3.8) is 0 Å². The Bertz CT molecular complexity index is 1440. The van der Waals surface area contributed by atoms with Crippen molar-refractivity contribution in [1.82, 2.24) is 10.3 Å². The predicted molar refractivity (Wildman–Crippen MR) is 129 cm³/mol. The van der Waals surface area contributed by atoms with Gasteiger partial charge in [-0.2, -0.15) is 0 Å². The van der Waals surface area contributed by atoms with E-state index >= 15 is 0 Å². The van der Waals surface area contributed by atoms with E-state index < -0.39 is 5.97 Å². The second kappa shape index (κ2) is 8.97. The normalized spacial score (nSPS) is 15.9. The molecule has 1 fully saturated rings. The standard InChI is InChI=1S/C24H15N3O4S2/c28-22-19(33-24(27-22)26-16-8-6-15(7-9-16)23(29)30)13-17-10-11-20(31-17)32-18-5-1-3-14-4-2-12-25-21(14)18/h1-13H,(H,29,30)(H,26,27,28)/b19-13-. The van der Waals surface area contributed by atoms with E-state index in [0.29, 0.717) is 26.6 Å². The van der Waals surface area contributed by atoms with Crippen LogP contribution in [0.25, 0.3) is 17.0 Å². The van der Waals surface area contributed by atoms with E-state index in [2.05, 4.69) is 15.3 Å². The number of aliphatic imine (C=N–C) groups is 1. The van der Waals surface area contributed by atoms with Crippen molar-refractivity contribution < 1.29 is 19.1 Å². The highest BCUT2D eigenvalue weighted by molar-refractivity contribution is 8.18. The minimum absolute atomic E-state index is 0.174. The number of furan rings is 1. The van der Waals surface area contributed by atoms with Crippen molar-refractivity contribution in [1.29, 1.82) is 0 Å². The lowest BCUT2D eigenvalue weighted by molar-refractivity contribution is -0.115. The number of amides is 1. The maximum atomic E-state index is 12.4. The lowest BCUT2D eigenvalue weighted by Crippen LogP contribution is -2.19. The Morgan fingerprint density at radius 2 is 1.91 bits per heavy atom. The highest BCUT2D eigenvalue weighted by Gasteiger charge is 2.24. The van der Waals surface area contributed by atoms with Crippen LogP contribution in [0.5, 0.6) is 0 Å².